The number of esters is 3. The first kappa shape index (κ1) is 13.8. The fraction of sp³-hybridized carbons (Fsp3) is 0.769. The van der Waals surface area contributed by atoms with E-state index < -0.39 is 35.0 Å². The van der Waals surface area contributed by atoms with Crippen molar-refractivity contribution in [3.63, 3.8) is 0 Å². The van der Waals surface area contributed by atoms with Crippen molar-refractivity contribution in [2.45, 2.75) is 39.2 Å². The Labute approximate surface area is 111 Å². The molecule has 2 unspecified atom stereocenters. The quantitative estimate of drug-likeness (QED) is 0.558. The van der Waals surface area contributed by atoms with Gasteiger partial charge in [-0.15, -0.1) is 0 Å². The Balaban J connectivity index is 2.22. The first-order valence-corrected chi connectivity index (χ1v) is 6.19. The van der Waals surface area contributed by atoms with Crippen molar-refractivity contribution in [1.29, 1.82) is 0 Å². The van der Waals surface area contributed by atoms with Gasteiger partial charge in [0.1, 0.15) is 0 Å². The van der Waals surface area contributed by atoms with Crippen LogP contribution in [0.15, 0.2) is 0 Å². The van der Waals surface area contributed by atoms with Crippen molar-refractivity contribution in [2.75, 3.05) is 13.7 Å². The third-order valence-electron chi connectivity index (χ3n) is 4.96. The monoisotopic (exact) mass is 270 g/mol. The van der Waals surface area contributed by atoms with Crippen LogP contribution in [0.3, 0.4) is 0 Å². The number of fused-ring (bicyclic) bond motifs is 2. The predicted octanol–water partition coefficient (Wildman–Crippen LogP) is 0.824. The van der Waals surface area contributed by atoms with Gasteiger partial charge in [0.2, 0.25) is 5.60 Å². The first-order valence-electron chi connectivity index (χ1n) is 6.19. The van der Waals surface area contributed by atoms with Gasteiger partial charge in [0.15, 0.2) is 6.61 Å². The van der Waals surface area contributed by atoms with E-state index >= 15 is 0 Å². The summed E-state index contributed by atoms with van der Waals surface area (Å²) in [4.78, 5) is 35.2. The number of carbonyl (C=O) groups excluding carboxylic acids is 3. The van der Waals surface area contributed by atoms with Crippen LogP contribution in [0.4, 0.5) is 0 Å². The van der Waals surface area contributed by atoms with Crippen molar-refractivity contribution >= 4 is 17.9 Å². The third-order valence-corrected chi connectivity index (χ3v) is 4.96. The molecule has 1 heterocycles. The van der Waals surface area contributed by atoms with Crippen molar-refractivity contribution in [1.82, 2.24) is 0 Å². The van der Waals surface area contributed by atoms with Crippen molar-refractivity contribution < 1.29 is 28.6 Å². The molecular formula is C13H18O6. The van der Waals surface area contributed by atoms with Gasteiger partial charge < -0.3 is 14.2 Å². The van der Waals surface area contributed by atoms with Crippen LogP contribution in [0.1, 0.15) is 33.6 Å². The molecule has 2 fully saturated rings. The maximum atomic E-state index is 12.2. The van der Waals surface area contributed by atoms with Crippen molar-refractivity contribution in [3.8, 4) is 0 Å². The highest BCUT2D eigenvalue weighted by Gasteiger charge is 2.76. The van der Waals surface area contributed by atoms with E-state index in [0.717, 1.165) is 0 Å². The zero-order valence-electron chi connectivity index (χ0n) is 11.6. The average molecular weight is 270 g/mol. The van der Waals surface area contributed by atoms with Gasteiger partial charge in [-0.2, -0.15) is 0 Å². The zero-order valence-corrected chi connectivity index (χ0v) is 11.6. The van der Waals surface area contributed by atoms with Gasteiger partial charge in [-0.05, 0) is 19.8 Å². The summed E-state index contributed by atoms with van der Waals surface area (Å²) in [5.41, 5.74) is -2.63. The van der Waals surface area contributed by atoms with E-state index in [9.17, 15) is 14.4 Å². The standard InChI is InChI=1S/C13H18O6/c1-11(2)12(3)5-6-13(11,19-9(12)15)10(16)18-7-8(14)17-4/h5-7H2,1-4H3. The number of ether oxygens (including phenoxy) is 3. The molecule has 1 aliphatic carbocycles. The number of carbonyl (C=O) groups is 3. The number of rotatable bonds is 3. The summed E-state index contributed by atoms with van der Waals surface area (Å²) in [6, 6.07) is 0. The van der Waals surface area contributed by atoms with E-state index in [1.54, 1.807) is 6.92 Å². The fourth-order valence-corrected chi connectivity index (χ4v) is 3.00. The molecule has 0 spiro atoms. The summed E-state index contributed by atoms with van der Waals surface area (Å²) in [7, 11) is 1.21. The summed E-state index contributed by atoms with van der Waals surface area (Å²) in [5.74, 6) is -1.69. The molecule has 2 bridgehead atoms. The molecule has 0 amide bonds. The molecule has 0 radical (unpaired) electrons. The van der Waals surface area contributed by atoms with Crippen LogP contribution in [0.25, 0.3) is 0 Å². The Morgan fingerprint density at radius 2 is 1.89 bits per heavy atom. The number of hydrogen-bond donors (Lipinski definition) is 0. The maximum absolute atomic E-state index is 12.2. The highest BCUT2D eigenvalue weighted by Crippen LogP contribution is 2.65. The first-order chi connectivity index (χ1) is 8.71. The van der Waals surface area contributed by atoms with Crippen LogP contribution < -0.4 is 0 Å². The van der Waals surface area contributed by atoms with Gasteiger partial charge in [0, 0.05) is 5.41 Å². The highest BCUT2D eigenvalue weighted by atomic mass is 16.6. The average Bonchev–Trinajstić information content (AvgIpc) is 2.65. The molecule has 0 aromatic heterocycles. The molecule has 1 saturated heterocycles. The minimum Gasteiger partial charge on any atom is -0.466 e. The van der Waals surface area contributed by atoms with Crippen LogP contribution >= 0.6 is 0 Å². The molecule has 0 aromatic carbocycles. The molecular weight excluding hydrogens is 252 g/mol. The Morgan fingerprint density at radius 1 is 1.26 bits per heavy atom. The lowest BCUT2D eigenvalue weighted by molar-refractivity contribution is -0.185. The lowest BCUT2D eigenvalue weighted by atomic mass is 9.66. The molecule has 2 rings (SSSR count). The summed E-state index contributed by atoms with van der Waals surface area (Å²) in [6.45, 7) is 4.98. The van der Waals surface area contributed by atoms with E-state index in [1.807, 2.05) is 13.8 Å². The third kappa shape index (κ3) is 1.52. The fourth-order valence-electron chi connectivity index (χ4n) is 3.00. The van der Waals surface area contributed by atoms with Gasteiger partial charge >= 0.3 is 17.9 Å². The van der Waals surface area contributed by atoms with Gasteiger partial charge in [-0.3, -0.25) is 4.79 Å². The molecule has 6 heteroatoms. The van der Waals surface area contributed by atoms with Crippen molar-refractivity contribution in [2.24, 2.45) is 10.8 Å². The highest BCUT2D eigenvalue weighted by molar-refractivity contribution is 5.94. The minimum atomic E-state index is -1.28. The molecule has 1 aliphatic heterocycles. The minimum absolute atomic E-state index is 0.376. The van der Waals surface area contributed by atoms with Gasteiger partial charge in [0.05, 0.1) is 12.5 Å². The molecule has 19 heavy (non-hydrogen) atoms. The second kappa shape index (κ2) is 3.95. The molecule has 106 valence electrons. The summed E-state index contributed by atoms with van der Waals surface area (Å²) < 4.78 is 14.7. The van der Waals surface area contributed by atoms with Crippen LogP contribution in [-0.2, 0) is 28.6 Å². The van der Waals surface area contributed by atoms with E-state index in [2.05, 4.69) is 4.74 Å². The molecule has 2 atom stereocenters. The second-order valence-corrected chi connectivity index (χ2v) is 5.83. The van der Waals surface area contributed by atoms with Gasteiger partial charge in [-0.1, -0.05) is 13.8 Å². The largest absolute Gasteiger partial charge is 0.466 e. The van der Waals surface area contributed by atoms with Crippen molar-refractivity contribution in [3.05, 3.63) is 0 Å². The Bertz CT molecular complexity index is 454. The SMILES string of the molecule is COC(=O)COC(=O)C12CCC(C)(C(=O)O1)C2(C)C. The molecule has 2 aliphatic rings. The zero-order chi connectivity index (χ0) is 14.5. The lowest BCUT2D eigenvalue weighted by Gasteiger charge is -2.34. The summed E-state index contributed by atoms with van der Waals surface area (Å²) in [6.07, 6.45) is 0.994. The molecule has 0 N–H and O–H groups in total. The maximum Gasteiger partial charge on any atom is 0.351 e. The number of hydrogen-bond acceptors (Lipinski definition) is 6. The van der Waals surface area contributed by atoms with E-state index in [-0.39, 0.29) is 5.97 Å². The molecule has 6 nitrogen and oxygen atoms in total. The van der Waals surface area contributed by atoms with Gasteiger partial charge in [-0.25, -0.2) is 9.59 Å². The Morgan fingerprint density at radius 3 is 2.32 bits per heavy atom. The smallest absolute Gasteiger partial charge is 0.351 e. The molecule has 1 saturated carbocycles. The van der Waals surface area contributed by atoms with Crippen LogP contribution in [0, 0.1) is 10.8 Å². The lowest BCUT2D eigenvalue weighted by Crippen LogP contribution is -2.49. The summed E-state index contributed by atoms with van der Waals surface area (Å²) in [5, 5.41) is 0. The second-order valence-electron chi connectivity index (χ2n) is 5.83. The predicted molar refractivity (Wildman–Crippen MR) is 62.9 cm³/mol. The van der Waals surface area contributed by atoms with Crippen LogP contribution in [0.5, 0.6) is 0 Å². The van der Waals surface area contributed by atoms with Crippen LogP contribution in [0.2, 0.25) is 0 Å². The van der Waals surface area contributed by atoms with E-state index in [0.29, 0.717) is 12.8 Å². The Kier molecular flexibility index (Phi) is 2.88. The van der Waals surface area contributed by atoms with Crippen LogP contribution in [-0.4, -0.2) is 37.2 Å². The summed E-state index contributed by atoms with van der Waals surface area (Å²) >= 11 is 0. The molecule has 0 aromatic rings. The van der Waals surface area contributed by atoms with E-state index in [4.69, 9.17) is 9.47 Å². The normalized spacial score (nSPS) is 34.8. The number of methoxy groups -OCH3 is 1. The topological polar surface area (TPSA) is 78.9 Å². The Hall–Kier alpha value is -1.59. The van der Waals surface area contributed by atoms with Gasteiger partial charge in [0.25, 0.3) is 0 Å². The van der Waals surface area contributed by atoms with E-state index in [1.165, 1.54) is 7.11 Å².